The minimum Gasteiger partial charge on any atom is -0.458 e. The number of carbonyl (C=O) groups excluding carboxylic acids is 2. The van der Waals surface area contributed by atoms with Crippen LogP contribution < -0.4 is 0 Å². The van der Waals surface area contributed by atoms with Crippen LogP contribution in [0, 0.1) is 11.3 Å². The van der Waals surface area contributed by atoms with Gasteiger partial charge in [0, 0.05) is 12.8 Å². The van der Waals surface area contributed by atoms with E-state index in [2.05, 4.69) is 0 Å². The first kappa shape index (κ1) is 14.6. The van der Waals surface area contributed by atoms with Crippen molar-refractivity contribution in [3.8, 4) is 6.07 Å². The lowest BCUT2D eigenvalue weighted by atomic mass is 10.1. The van der Waals surface area contributed by atoms with Gasteiger partial charge >= 0.3 is 5.97 Å². The number of esters is 1. The Bertz CT molecular complexity index is 298. The number of hydrogen-bond donors (Lipinski definition) is 1. The summed E-state index contributed by atoms with van der Waals surface area (Å²) >= 11 is 0. The second-order valence-electron chi connectivity index (χ2n) is 4.41. The number of ketones is 1. The number of aliphatic hydroxyl groups excluding tert-OH is 1. The van der Waals surface area contributed by atoms with Gasteiger partial charge in [-0.1, -0.05) is 0 Å². The zero-order valence-corrected chi connectivity index (χ0v) is 9.82. The van der Waals surface area contributed by atoms with E-state index in [4.69, 9.17) is 10.00 Å². The molecule has 0 aliphatic rings. The van der Waals surface area contributed by atoms with E-state index in [0.29, 0.717) is 6.42 Å². The highest BCUT2D eigenvalue weighted by Gasteiger charge is 2.28. The average molecular weight is 227 g/mol. The Labute approximate surface area is 95.0 Å². The van der Waals surface area contributed by atoms with Gasteiger partial charge in [0.25, 0.3) is 0 Å². The Balaban J connectivity index is 4.13. The smallest absolute Gasteiger partial charge is 0.343 e. The highest BCUT2D eigenvalue weighted by molar-refractivity contribution is 6.01. The number of carbonyl (C=O) groups is 2. The summed E-state index contributed by atoms with van der Waals surface area (Å²) in [5, 5.41) is 17.6. The molecule has 0 fully saturated rings. The maximum Gasteiger partial charge on any atom is 0.343 e. The van der Waals surface area contributed by atoms with E-state index in [9.17, 15) is 14.7 Å². The number of nitriles is 1. The first-order valence-corrected chi connectivity index (χ1v) is 5.08. The number of unbranched alkanes of at least 4 members (excludes halogenated alkanes) is 1. The predicted octanol–water partition coefficient (Wildman–Crippen LogP) is 0.952. The Morgan fingerprint density at radius 2 is 2.00 bits per heavy atom. The van der Waals surface area contributed by atoms with Crippen LogP contribution in [-0.4, -0.2) is 28.6 Å². The number of rotatable bonds is 5. The van der Waals surface area contributed by atoms with Gasteiger partial charge < -0.3 is 9.84 Å². The van der Waals surface area contributed by atoms with Gasteiger partial charge in [0.05, 0.1) is 6.07 Å². The summed E-state index contributed by atoms with van der Waals surface area (Å²) in [4.78, 5) is 22.6. The summed E-state index contributed by atoms with van der Waals surface area (Å²) in [7, 11) is 0. The van der Waals surface area contributed by atoms with Crippen molar-refractivity contribution in [3.63, 3.8) is 0 Å². The normalized spacial score (nSPS) is 12.7. The summed E-state index contributed by atoms with van der Waals surface area (Å²) in [6.07, 6.45) is -1.16. The van der Waals surface area contributed by atoms with E-state index >= 15 is 0 Å². The van der Waals surface area contributed by atoms with Crippen LogP contribution in [0.2, 0.25) is 0 Å². The largest absolute Gasteiger partial charge is 0.458 e. The molecule has 5 nitrogen and oxygen atoms in total. The molecule has 0 spiro atoms. The zero-order chi connectivity index (χ0) is 12.8. The number of aliphatic hydroxyl groups is 1. The fourth-order valence-corrected chi connectivity index (χ4v) is 0.967. The number of hydrogen-bond acceptors (Lipinski definition) is 5. The molecule has 0 aromatic heterocycles. The molecule has 0 aromatic rings. The summed E-state index contributed by atoms with van der Waals surface area (Å²) in [6, 6.07) is 1.88. The first-order chi connectivity index (χ1) is 7.28. The van der Waals surface area contributed by atoms with Gasteiger partial charge in [-0.2, -0.15) is 5.26 Å². The van der Waals surface area contributed by atoms with Crippen molar-refractivity contribution in [2.75, 3.05) is 0 Å². The predicted molar refractivity (Wildman–Crippen MR) is 56.3 cm³/mol. The third-order valence-corrected chi connectivity index (χ3v) is 1.65. The lowest BCUT2D eigenvalue weighted by Crippen LogP contribution is -2.36. The van der Waals surface area contributed by atoms with Gasteiger partial charge in [-0.05, 0) is 27.2 Å². The van der Waals surface area contributed by atoms with Crippen LogP contribution >= 0.6 is 0 Å². The van der Waals surface area contributed by atoms with Crippen LogP contribution in [0.5, 0.6) is 0 Å². The van der Waals surface area contributed by atoms with Crippen LogP contribution in [0.4, 0.5) is 0 Å². The SMILES string of the molecule is CC(C)(C)OC(=O)[C@@H](O)C(=O)CCCC#N. The lowest BCUT2D eigenvalue weighted by molar-refractivity contribution is -0.167. The molecule has 0 aliphatic heterocycles. The summed E-state index contributed by atoms with van der Waals surface area (Å²) in [6.45, 7) is 4.95. The molecule has 0 radical (unpaired) electrons. The molecule has 0 rings (SSSR count). The third-order valence-electron chi connectivity index (χ3n) is 1.65. The molecule has 0 saturated carbocycles. The molecule has 90 valence electrons. The molecule has 0 aromatic carbocycles. The van der Waals surface area contributed by atoms with Gasteiger partial charge in [0.15, 0.2) is 5.78 Å². The van der Waals surface area contributed by atoms with E-state index < -0.39 is 23.5 Å². The molecule has 0 unspecified atom stereocenters. The summed E-state index contributed by atoms with van der Waals surface area (Å²) in [5.74, 6) is -1.54. The molecule has 0 saturated heterocycles. The summed E-state index contributed by atoms with van der Waals surface area (Å²) < 4.78 is 4.85. The zero-order valence-electron chi connectivity index (χ0n) is 9.82. The van der Waals surface area contributed by atoms with E-state index in [1.165, 1.54) is 0 Å². The van der Waals surface area contributed by atoms with E-state index in [1.54, 1.807) is 20.8 Å². The van der Waals surface area contributed by atoms with Gasteiger partial charge in [-0.25, -0.2) is 4.79 Å². The van der Waals surface area contributed by atoms with E-state index in [-0.39, 0.29) is 12.8 Å². The number of nitrogens with zero attached hydrogens (tertiary/aromatic N) is 1. The lowest BCUT2D eigenvalue weighted by Gasteiger charge is -2.21. The van der Waals surface area contributed by atoms with Crippen molar-refractivity contribution in [1.29, 1.82) is 5.26 Å². The van der Waals surface area contributed by atoms with Crippen molar-refractivity contribution in [1.82, 2.24) is 0 Å². The molecule has 1 N–H and O–H groups in total. The van der Waals surface area contributed by atoms with Crippen molar-refractivity contribution in [2.24, 2.45) is 0 Å². The van der Waals surface area contributed by atoms with Crippen LogP contribution in [0.25, 0.3) is 0 Å². The maximum atomic E-state index is 11.3. The maximum absolute atomic E-state index is 11.3. The third kappa shape index (κ3) is 6.14. The second-order valence-corrected chi connectivity index (χ2v) is 4.41. The van der Waals surface area contributed by atoms with Gasteiger partial charge in [0.1, 0.15) is 5.60 Å². The van der Waals surface area contributed by atoms with Crippen LogP contribution in [0.1, 0.15) is 40.0 Å². The first-order valence-electron chi connectivity index (χ1n) is 5.08. The Morgan fingerprint density at radius 3 is 2.44 bits per heavy atom. The molecule has 5 heteroatoms. The van der Waals surface area contributed by atoms with Crippen molar-refractivity contribution < 1.29 is 19.4 Å². The van der Waals surface area contributed by atoms with Gasteiger partial charge in [-0.15, -0.1) is 0 Å². The highest BCUT2D eigenvalue weighted by atomic mass is 16.6. The number of ether oxygens (including phenoxy) is 1. The minimum absolute atomic E-state index is 0.00791. The number of Topliss-reactive ketones (excluding diaryl/α,β-unsaturated/α-hetero) is 1. The molecule has 0 amide bonds. The van der Waals surface area contributed by atoms with Gasteiger partial charge in [-0.3, -0.25) is 4.79 Å². The minimum atomic E-state index is -1.74. The van der Waals surface area contributed by atoms with Crippen LogP contribution in [0.3, 0.4) is 0 Å². The standard InChI is InChI=1S/C11H17NO4/c1-11(2,3)16-10(15)9(14)8(13)6-4-5-7-12/h9,14H,4-6H2,1-3H3/t9-/m0/s1. The molecule has 0 bridgehead atoms. The van der Waals surface area contributed by atoms with Gasteiger partial charge in [0.2, 0.25) is 6.10 Å². The molecule has 0 heterocycles. The molecular formula is C11H17NO4. The fourth-order valence-electron chi connectivity index (χ4n) is 0.967. The summed E-state index contributed by atoms with van der Waals surface area (Å²) in [5.41, 5.74) is -0.731. The monoisotopic (exact) mass is 227 g/mol. The Kier molecular flexibility index (Phi) is 5.68. The highest BCUT2D eigenvalue weighted by Crippen LogP contribution is 2.10. The van der Waals surface area contributed by atoms with Crippen molar-refractivity contribution >= 4 is 11.8 Å². The van der Waals surface area contributed by atoms with Crippen molar-refractivity contribution in [2.45, 2.75) is 51.7 Å². The molecule has 0 aliphatic carbocycles. The van der Waals surface area contributed by atoms with Crippen LogP contribution in [-0.2, 0) is 14.3 Å². The average Bonchev–Trinajstić information content (AvgIpc) is 2.14. The Hall–Kier alpha value is -1.41. The molecular weight excluding hydrogens is 210 g/mol. The van der Waals surface area contributed by atoms with E-state index in [0.717, 1.165) is 0 Å². The topological polar surface area (TPSA) is 87.4 Å². The molecule has 1 atom stereocenters. The van der Waals surface area contributed by atoms with E-state index in [1.807, 2.05) is 6.07 Å². The van der Waals surface area contributed by atoms with Crippen LogP contribution in [0.15, 0.2) is 0 Å². The fraction of sp³-hybridized carbons (Fsp3) is 0.727. The Morgan fingerprint density at radius 1 is 1.44 bits per heavy atom. The second kappa shape index (κ2) is 6.23. The molecule has 16 heavy (non-hydrogen) atoms. The quantitative estimate of drug-likeness (QED) is 0.429. The van der Waals surface area contributed by atoms with Crippen molar-refractivity contribution in [3.05, 3.63) is 0 Å².